The lowest BCUT2D eigenvalue weighted by molar-refractivity contribution is 0.191. The minimum atomic E-state index is 0.450. The summed E-state index contributed by atoms with van der Waals surface area (Å²) in [5.74, 6) is 0. The molecule has 0 unspecified atom stereocenters. The molecular formula is C23H25ClN6S. The molecule has 1 N–H and O–H groups in total. The fraction of sp³-hybridized carbons (Fsp3) is 0.391. The van der Waals surface area contributed by atoms with E-state index < -0.39 is 0 Å². The lowest BCUT2D eigenvalue weighted by Gasteiger charge is -2.32. The van der Waals surface area contributed by atoms with Crippen molar-refractivity contribution in [1.82, 2.24) is 24.8 Å². The highest BCUT2D eigenvalue weighted by molar-refractivity contribution is 7.71. The topological polar surface area (TPSA) is 69.8 Å². The second-order valence-electron chi connectivity index (χ2n) is 7.98. The summed E-state index contributed by atoms with van der Waals surface area (Å²) in [4.78, 5) is 11.3. The molecule has 4 rings (SSSR count). The van der Waals surface area contributed by atoms with Crippen LogP contribution in [0, 0.1) is 22.9 Å². The number of likely N-dealkylation sites (tertiary alicyclic amines) is 1. The number of fused-ring (bicyclic) bond motifs is 1. The van der Waals surface area contributed by atoms with E-state index in [1.54, 1.807) is 12.3 Å². The molecule has 1 saturated heterocycles. The van der Waals surface area contributed by atoms with E-state index in [2.05, 4.69) is 32.3 Å². The van der Waals surface area contributed by atoms with Gasteiger partial charge in [0.15, 0.2) is 5.65 Å². The van der Waals surface area contributed by atoms with Crippen molar-refractivity contribution in [2.45, 2.75) is 38.9 Å². The third kappa shape index (κ3) is 5.28. The van der Waals surface area contributed by atoms with Gasteiger partial charge >= 0.3 is 0 Å². The number of rotatable bonds is 6. The van der Waals surface area contributed by atoms with Gasteiger partial charge in [-0.25, -0.2) is 9.97 Å². The third-order valence-electron chi connectivity index (χ3n) is 5.90. The Balaban J connectivity index is 1.30. The van der Waals surface area contributed by atoms with Crippen LogP contribution in [0.5, 0.6) is 0 Å². The van der Waals surface area contributed by atoms with Crippen LogP contribution < -0.4 is 5.32 Å². The van der Waals surface area contributed by atoms with Crippen molar-refractivity contribution >= 4 is 35.0 Å². The maximum absolute atomic E-state index is 9.21. The predicted molar refractivity (Wildman–Crippen MR) is 126 cm³/mol. The third-order valence-corrected chi connectivity index (χ3v) is 6.44. The molecule has 0 spiro atoms. The molecule has 0 aliphatic carbocycles. The Morgan fingerprint density at radius 2 is 2.03 bits per heavy atom. The molecular weight excluding hydrogens is 428 g/mol. The maximum Gasteiger partial charge on any atom is 0.161 e. The van der Waals surface area contributed by atoms with Gasteiger partial charge in [0.05, 0.1) is 17.8 Å². The summed E-state index contributed by atoms with van der Waals surface area (Å²) in [7, 11) is 0. The largest absolute Gasteiger partial charge is 0.313 e. The Kier molecular flexibility index (Phi) is 6.93. The van der Waals surface area contributed by atoms with E-state index in [4.69, 9.17) is 23.8 Å². The number of hydrogen-bond donors (Lipinski definition) is 1. The number of halogens is 1. The maximum atomic E-state index is 9.21. The zero-order valence-electron chi connectivity index (χ0n) is 17.5. The van der Waals surface area contributed by atoms with E-state index in [0.29, 0.717) is 15.8 Å². The minimum absolute atomic E-state index is 0.450. The van der Waals surface area contributed by atoms with Gasteiger partial charge in [-0.1, -0.05) is 36.0 Å². The number of nitrogens with one attached hydrogen (secondary N) is 1. The quantitative estimate of drug-likeness (QED) is 0.445. The number of nitriles is 1. The van der Waals surface area contributed by atoms with Gasteiger partial charge in [-0.2, -0.15) is 5.26 Å². The van der Waals surface area contributed by atoms with E-state index in [1.807, 2.05) is 29.7 Å². The van der Waals surface area contributed by atoms with Gasteiger partial charge in [0.2, 0.25) is 0 Å². The van der Waals surface area contributed by atoms with E-state index in [0.717, 1.165) is 73.4 Å². The highest BCUT2D eigenvalue weighted by Gasteiger charge is 2.19. The summed E-state index contributed by atoms with van der Waals surface area (Å²) < 4.78 is 2.70. The number of hydrogen-bond acceptors (Lipinski definition) is 6. The molecule has 0 atom stereocenters. The van der Waals surface area contributed by atoms with Gasteiger partial charge in [0, 0.05) is 25.7 Å². The first-order valence-electron chi connectivity index (χ1n) is 10.5. The smallest absolute Gasteiger partial charge is 0.161 e. The average Bonchev–Trinajstić information content (AvgIpc) is 2.78. The Morgan fingerprint density at radius 1 is 1.23 bits per heavy atom. The number of nitrogens with zero attached hydrogens (tertiary/aromatic N) is 5. The zero-order chi connectivity index (χ0) is 21.8. The molecule has 31 heavy (non-hydrogen) atoms. The summed E-state index contributed by atoms with van der Waals surface area (Å²) in [6.45, 7) is 6.53. The van der Waals surface area contributed by atoms with Gasteiger partial charge in [0.1, 0.15) is 15.3 Å². The molecule has 6 nitrogen and oxygen atoms in total. The van der Waals surface area contributed by atoms with Crippen LogP contribution in [0.25, 0.3) is 11.2 Å². The van der Waals surface area contributed by atoms with Crippen molar-refractivity contribution in [3.05, 3.63) is 63.0 Å². The molecule has 0 radical (unpaired) electrons. The number of pyridine rings is 1. The lowest BCUT2D eigenvalue weighted by atomic mass is 10.0. The molecule has 3 heterocycles. The van der Waals surface area contributed by atoms with E-state index >= 15 is 0 Å². The molecule has 0 amide bonds. The van der Waals surface area contributed by atoms with Gasteiger partial charge in [-0.15, -0.1) is 0 Å². The fourth-order valence-electron chi connectivity index (χ4n) is 4.00. The summed E-state index contributed by atoms with van der Waals surface area (Å²) in [6, 6.07) is 12.5. The first-order valence-corrected chi connectivity index (χ1v) is 11.3. The first-order chi connectivity index (χ1) is 15.0. The van der Waals surface area contributed by atoms with E-state index in [1.165, 1.54) is 0 Å². The molecule has 8 heteroatoms. The summed E-state index contributed by atoms with van der Waals surface area (Å²) in [6.07, 6.45) is 3.92. The van der Waals surface area contributed by atoms with Crippen molar-refractivity contribution in [2.24, 2.45) is 0 Å². The SMILES string of the molecule is Cc1ccc(CNC2CCN(CCn3c(=S)cnc4ccc(Cl)nc43)CC2)cc1C#N. The van der Waals surface area contributed by atoms with Crippen molar-refractivity contribution in [3.8, 4) is 6.07 Å². The highest BCUT2D eigenvalue weighted by Crippen LogP contribution is 2.16. The molecule has 2 aromatic heterocycles. The van der Waals surface area contributed by atoms with Crippen LogP contribution in [-0.2, 0) is 13.1 Å². The predicted octanol–water partition coefficient (Wildman–Crippen LogP) is 4.25. The Hall–Kier alpha value is -2.37. The van der Waals surface area contributed by atoms with Gasteiger partial charge < -0.3 is 14.8 Å². The molecule has 3 aromatic rings. The summed E-state index contributed by atoms with van der Waals surface area (Å²) in [5.41, 5.74) is 4.49. The standard InChI is InChI=1S/C23H25ClN6S/c1-16-2-3-17(12-18(16)13-25)14-26-19-6-8-29(9-7-19)10-11-30-22(31)15-27-20-4-5-21(24)28-23(20)30/h2-5,12,15,19,26H,6-11,14H2,1H3. The van der Waals surface area contributed by atoms with Gasteiger partial charge in [-0.05, 0) is 62.2 Å². The van der Waals surface area contributed by atoms with Crippen molar-refractivity contribution in [1.29, 1.82) is 5.26 Å². The minimum Gasteiger partial charge on any atom is -0.313 e. The van der Waals surface area contributed by atoms with Crippen molar-refractivity contribution < 1.29 is 0 Å². The first kappa shape index (κ1) is 21.8. The van der Waals surface area contributed by atoms with Crippen LogP contribution in [0.1, 0.15) is 29.5 Å². The highest BCUT2D eigenvalue weighted by atomic mass is 35.5. The lowest BCUT2D eigenvalue weighted by Crippen LogP contribution is -2.43. The summed E-state index contributed by atoms with van der Waals surface area (Å²) in [5, 5.41) is 13.3. The van der Waals surface area contributed by atoms with Crippen LogP contribution in [0.4, 0.5) is 0 Å². The second kappa shape index (κ2) is 9.84. The number of aromatic nitrogens is 3. The fourth-order valence-corrected chi connectivity index (χ4v) is 4.37. The Labute approximate surface area is 192 Å². The number of benzene rings is 1. The molecule has 1 aliphatic rings. The monoisotopic (exact) mass is 452 g/mol. The van der Waals surface area contributed by atoms with Crippen LogP contribution in [0.15, 0.2) is 36.5 Å². The molecule has 0 saturated carbocycles. The molecule has 1 fully saturated rings. The van der Waals surface area contributed by atoms with Crippen LogP contribution in [0.3, 0.4) is 0 Å². The second-order valence-corrected chi connectivity index (χ2v) is 8.79. The van der Waals surface area contributed by atoms with Crippen LogP contribution >= 0.6 is 23.8 Å². The van der Waals surface area contributed by atoms with Crippen LogP contribution in [-0.4, -0.2) is 45.1 Å². The average molecular weight is 453 g/mol. The zero-order valence-corrected chi connectivity index (χ0v) is 19.1. The van der Waals surface area contributed by atoms with Crippen LogP contribution in [0.2, 0.25) is 5.15 Å². The number of aryl methyl sites for hydroxylation is 1. The molecule has 1 aromatic carbocycles. The van der Waals surface area contributed by atoms with Gasteiger partial charge in [-0.3, -0.25) is 0 Å². The summed E-state index contributed by atoms with van der Waals surface area (Å²) >= 11 is 11.6. The molecule has 160 valence electrons. The Morgan fingerprint density at radius 3 is 2.81 bits per heavy atom. The van der Waals surface area contributed by atoms with E-state index in [9.17, 15) is 5.26 Å². The van der Waals surface area contributed by atoms with Crippen molar-refractivity contribution in [2.75, 3.05) is 19.6 Å². The van der Waals surface area contributed by atoms with Gasteiger partial charge in [0.25, 0.3) is 0 Å². The van der Waals surface area contributed by atoms with E-state index in [-0.39, 0.29) is 0 Å². The molecule has 0 bridgehead atoms. The molecule has 1 aliphatic heterocycles. The Bertz CT molecular complexity index is 1180. The van der Waals surface area contributed by atoms with Crippen molar-refractivity contribution in [3.63, 3.8) is 0 Å². The number of piperidine rings is 1. The normalized spacial score (nSPS) is 15.3.